The van der Waals surface area contributed by atoms with Crippen molar-refractivity contribution >= 4 is 32.1 Å². The lowest BCUT2D eigenvalue weighted by Crippen LogP contribution is -2.36. The first-order chi connectivity index (χ1) is 17.9. The van der Waals surface area contributed by atoms with Gasteiger partial charge >= 0.3 is 6.18 Å². The van der Waals surface area contributed by atoms with Crippen molar-refractivity contribution in [2.45, 2.75) is 36.5 Å². The molecule has 38 heavy (non-hydrogen) atoms. The molecule has 0 aliphatic carbocycles. The van der Waals surface area contributed by atoms with Crippen LogP contribution in [0.5, 0.6) is 5.75 Å². The van der Waals surface area contributed by atoms with E-state index >= 15 is 0 Å². The van der Waals surface area contributed by atoms with Gasteiger partial charge in [-0.15, -0.1) is 0 Å². The molecule has 0 radical (unpaired) electrons. The summed E-state index contributed by atoms with van der Waals surface area (Å²) in [5.41, 5.74) is 2.33. The molecule has 1 saturated heterocycles. The van der Waals surface area contributed by atoms with Gasteiger partial charge in [0.15, 0.2) is 9.84 Å². The highest BCUT2D eigenvalue weighted by Crippen LogP contribution is 2.31. The van der Waals surface area contributed by atoms with Crippen LogP contribution in [0.2, 0.25) is 0 Å². The highest BCUT2D eigenvalue weighted by molar-refractivity contribution is 7.90. The number of alkyl halides is 3. The molecule has 0 unspecified atom stereocenters. The van der Waals surface area contributed by atoms with Crippen molar-refractivity contribution in [3.8, 4) is 17.6 Å². The highest BCUT2D eigenvalue weighted by Gasteiger charge is 2.29. The van der Waals surface area contributed by atoms with E-state index in [1.54, 1.807) is 24.4 Å². The maximum Gasteiger partial charge on any atom is 0.406 e. The molecular formula is C27H31F3N4O3S. The van der Waals surface area contributed by atoms with Crippen LogP contribution in [0.15, 0.2) is 47.5 Å². The van der Waals surface area contributed by atoms with Gasteiger partial charge in [-0.3, -0.25) is 0 Å². The van der Waals surface area contributed by atoms with Crippen molar-refractivity contribution in [1.82, 2.24) is 9.47 Å². The molecule has 2 N–H and O–H groups in total. The zero-order valence-electron chi connectivity index (χ0n) is 21.5. The summed E-state index contributed by atoms with van der Waals surface area (Å²) in [6.07, 6.45) is 0.174. The molecule has 7 nitrogen and oxygen atoms in total. The van der Waals surface area contributed by atoms with Gasteiger partial charge < -0.3 is 24.8 Å². The first-order valence-electron chi connectivity index (χ1n) is 12.2. The topological polar surface area (TPSA) is 75.6 Å². The van der Waals surface area contributed by atoms with Crippen LogP contribution in [0.4, 0.5) is 24.5 Å². The molecule has 3 aromatic rings. The molecule has 0 spiro atoms. The Hall–Kier alpha value is -3.36. The van der Waals surface area contributed by atoms with E-state index in [2.05, 4.69) is 34.4 Å². The number of nitrogens with zero attached hydrogens (tertiary/aromatic N) is 2. The molecule has 11 heteroatoms. The number of rotatable bonds is 7. The Kier molecular flexibility index (Phi) is 8.13. The maximum atomic E-state index is 13.3. The van der Waals surface area contributed by atoms with E-state index < -0.39 is 22.6 Å². The lowest BCUT2D eigenvalue weighted by molar-refractivity contribution is -0.139. The highest BCUT2D eigenvalue weighted by atomic mass is 32.2. The third-order valence-corrected chi connectivity index (χ3v) is 7.62. The van der Waals surface area contributed by atoms with Gasteiger partial charge in [0.2, 0.25) is 0 Å². The quantitative estimate of drug-likeness (QED) is 0.421. The minimum atomic E-state index is -4.35. The van der Waals surface area contributed by atoms with Crippen molar-refractivity contribution in [2.24, 2.45) is 0 Å². The van der Waals surface area contributed by atoms with E-state index in [4.69, 9.17) is 4.74 Å². The van der Waals surface area contributed by atoms with Crippen LogP contribution in [0.1, 0.15) is 18.4 Å². The average Bonchev–Trinajstić information content (AvgIpc) is 3.17. The van der Waals surface area contributed by atoms with E-state index in [9.17, 15) is 21.6 Å². The number of sulfone groups is 1. The van der Waals surface area contributed by atoms with Crippen molar-refractivity contribution in [2.75, 3.05) is 50.7 Å². The number of ether oxygens (including phenoxy) is 1. The minimum Gasteiger partial charge on any atom is -0.495 e. The Labute approximate surface area is 220 Å². The Bertz CT molecular complexity index is 1460. The minimum absolute atomic E-state index is 0.144. The zero-order chi connectivity index (χ0) is 27.5. The normalized spacial score (nSPS) is 15.2. The van der Waals surface area contributed by atoms with Crippen molar-refractivity contribution in [3.63, 3.8) is 0 Å². The summed E-state index contributed by atoms with van der Waals surface area (Å²) < 4.78 is 70.0. The smallest absolute Gasteiger partial charge is 0.406 e. The van der Waals surface area contributed by atoms with Crippen LogP contribution >= 0.6 is 0 Å². The predicted octanol–water partition coefficient (Wildman–Crippen LogP) is 4.59. The number of halogens is 3. The Morgan fingerprint density at radius 3 is 2.50 bits per heavy atom. The summed E-state index contributed by atoms with van der Waals surface area (Å²) in [5.74, 6) is 6.33. The number of benzene rings is 2. The van der Waals surface area contributed by atoms with Gasteiger partial charge in [-0.05, 0) is 63.3 Å². The second kappa shape index (κ2) is 11.2. The number of anilines is 2. The third kappa shape index (κ3) is 6.94. The standard InChI is InChI=1S/C27H31F3N4O3S/c1-33-13-10-20(11-14-33)32-24-17-34(18-27(28,29)30)25-15-19(6-8-22(24)25)5-4-12-31-23-9-7-21(38(3,35)36)16-26(23)37-2/h6-9,15-17,20,31-32H,10-14,18H2,1-3H3. The summed E-state index contributed by atoms with van der Waals surface area (Å²) >= 11 is 0. The van der Waals surface area contributed by atoms with Gasteiger partial charge in [-0.25, -0.2) is 8.42 Å². The lowest BCUT2D eigenvalue weighted by atomic mass is 10.0. The number of piperidine rings is 1. The van der Waals surface area contributed by atoms with Crippen LogP contribution in [0.3, 0.4) is 0 Å². The van der Waals surface area contributed by atoms with E-state index in [1.165, 1.54) is 23.8 Å². The second-order valence-corrected chi connectivity index (χ2v) is 11.5. The number of fused-ring (bicyclic) bond motifs is 1. The largest absolute Gasteiger partial charge is 0.495 e. The fraction of sp³-hybridized carbons (Fsp3) is 0.407. The molecule has 0 saturated carbocycles. The molecule has 1 aromatic heterocycles. The van der Waals surface area contributed by atoms with Gasteiger partial charge in [-0.2, -0.15) is 13.2 Å². The predicted molar refractivity (Wildman–Crippen MR) is 144 cm³/mol. The fourth-order valence-corrected chi connectivity index (χ4v) is 5.15. The monoisotopic (exact) mass is 548 g/mol. The third-order valence-electron chi connectivity index (χ3n) is 6.51. The number of nitrogens with one attached hydrogen (secondary N) is 2. The number of likely N-dealkylation sites (tertiary alicyclic amines) is 1. The number of aromatic nitrogens is 1. The van der Waals surface area contributed by atoms with Crippen molar-refractivity contribution < 1.29 is 26.3 Å². The van der Waals surface area contributed by atoms with Gasteiger partial charge in [-0.1, -0.05) is 11.8 Å². The number of methoxy groups -OCH3 is 1. The summed E-state index contributed by atoms with van der Waals surface area (Å²) in [7, 11) is 0.138. The summed E-state index contributed by atoms with van der Waals surface area (Å²) in [6.45, 7) is 1.03. The molecule has 1 aliphatic heterocycles. The van der Waals surface area contributed by atoms with Crippen LogP contribution in [0.25, 0.3) is 10.9 Å². The summed E-state index contributed by atoms with van der Waals surface area (Å²) in [4.78, 5) is 2.39. The van der Waals surface area contributed by atoms with E-state index in [1.807, 2.05) is 6.07 Å². The molecule has 1 aliphatic rings. The molecular weight excluding hydrogens is 517 g/mol. The Balaban J connectivity index is 1.53. The first-order valence-corrected chi connectivity index (χ1v) is 14.1. The zero-order valence-corrected chi connectivity index (χ0v) is 22.3. The molecule has 0 bridgehead atoms. The summed E-state index contributed by atoms with van der Waals surface area (Å²) in [6, 6.07) is 10.0. The molecule has 4 rings (SSSR count). The van der Waals surface area contributed by atoms with Crippen LogP contribution in [-0.2, 0) is 16.4 Å². The Morgan fingerprint density at radius 2 is 1.84 bits per heavy atom. The van der Waals surface area contributed by atoms with Crippen LogP contribution < -0.4 is 15.4 Å². The maximum absolute atomic E-state index is 13.3. The van der Waals surface area contributed by atoms with E-state index in [0.717, 1.165) is 37.6 Å². The molecule has 1 fully saturated rings. The van der Waals surface area contributed by atoms with Crippen LogP contribution in [-0.4, -0.2) is 70.2 Å². The fourth-order valence-electron chi connectivity index (χ4n) is 4.52. The Morgan fingerprint density at radius 1 is 1.11 bits per heavy atom. The summed E-state index contributed by atoms with van der Waals surface area (Å²) in [5, 5.41) is 7.27. The second-order valence-electron chi connectivity index (χ2n) is 9.53. The molecule has 2 heterocycles. The average molecular weight is 549 g/mol. The molecule has 204 valence electrons. The SMILES string of the molecule is COc1cc(S(C)(=O)=O)ccc1NCC#Cc1ccc2c(NC3CCN(C)CC3)cn(CC(F)(F)F)c2c1. The number of hydrogen-bond acceptors (Lipinski definition) is 6. The van der Waals surface area contributed by atoms with Crippen LogP contribution in [0, 0.1) is 11.8 Å². The van der Waals surface area contributed by atoms with E-state index in [-0.39, 0.29) is 17.5 Å². The first kappa shape index (κ1) is 27.7. The van der Waals surface area contributed by atoms with Gasteiger partial charge in [0.25, 0.3) is 0 Å². The molecule has 2 aromatic carbocycles. The van der Waals surface area contributed by atoms with Gasteiger partial charge in [0, 0.05) is 35.5 Å². The van der Waals surface area contributed by atoms with Crippen molar-refractivity contribution in [1.29, 1.82) is 0 Å². The number of hydrogen-bond donors (Lipinski definition) is 2. The molecule has 0 atom stereocenters. The van der Waals surface area contributed by atoms with E-state index in [0.29, 0.717) is 28.2 Å². The lowest BCUT2D eigenvalue weighted by Gasteiger charge is -2.30. The van der Waals surface area contributed by atoms with Gasteiger partial charge in [0.1, 0.15) is 12.3 Å². The van der Waals surface area contributed by atoms with Crippen molar-refractivity contribution in [3.05, 3.63) is 48.2 Å². The molecule has 0 amide bonds. The van der Waals surface area contributed by atoms with Gasteiger partial charge in [0.05, 0.1) is 35.4 Å².